The van der Waals surface area contributed by atoms with Crippen LogP contribution in [0.4, 0.5) is 10.6 Å². The number of aromatic nitrogens is 2. The molecule has 4 aliphatic rings. The molecule has 32 heavy (non-hydrogen) atoms. The van der Waals surface area contributed by atoms with E-state index in [0.717, 1.165) is 48.4 Å². The standard InChI is InChI=1S/C24H32N6O2/c1-13(2)21(22(25)31)29-23-18-5-3-4-6-19(18)27-20(28-23)12-26-24(32)30-16-8-14-7-15(10-16)11-17(30)9-14/h3-6,13-17,21H,7-12H2,1-2H3,(H2,25,31)(H,26,32)(H,27,28,29)/t14-,15?,16-,17+,21-/m0/s1. The lowest BCUT2D eigenvalue weighted by Gasteiger charge is -2.56. The quantitative estimate of drug-likeness (QED) is 0.644. The Bertz CT molecular complexity index is 1010. The maximum Gasteiger partial charge on any atom is 0.318 e. The van der Waals surface area contributed by atoms with Gasteiger partial charge in [-0.1, -0.05) is 26.0 Å². The van der Waals surface area contributed by atoms with Crippen LogP contribution in [0.25, 0.3) is 10.9 Å². The first-order valence-electron chi connectivity index (χ1n) is 11.8. The molecule has 4 bridgehead atoms. The number of hydrogen-bond acceptors (Lipinski definition) is 5. The monoisotopic (exact) mass is 436 g/mol. The van der Waals surface area contributed by atoms with Crippen LogP contribution in [0.2, 0.25) is 0 Å². The van der Waals surface area contributed by atoms with Crippen molar-refractivity contribution in [1.29, 1.82) is 0 Å². The Morgan fingerprint density at radius 3 is 2.34 bits per heavy atom. The number of nitrogens with zero attached hydrogens (tertiary/aromatic N) is 3. The number of benzene rings is 1. The molecule has 170 valence electrons. The van der Waals surface area contributed by atoms with E-state index in [1.54, 1.807) is 0 Å². The van der Waals surface area contributed by atoms with Crippen LogP contribution in [-0.4, -0.2) is 44.9 Å². The molecule has 0 unspecified atom stereocenters. The fourth-order valence-electron chi connectivity index (χ4n) is 6.14. The number of piperidine rings is 2. The zero-order valence-corrected chi connectivity index (χ0v) is 18.8. The van der Waals surface area contributed by atoms with Gasteiger partial charge in [-0.05, 0) is 62.0 Å². The Morgan fingerprint density at radius 1 is 1.06 bits per heavy atom. The number of urea groups is 1. The second kappa shape index (κ2) is 8.22. The molecule has 8 heteroatoms. The number of rotatable bonds is 6. The van der Waals surface area contributed by atoms with Crippen LogP contribution in [0.5, 0.6) is 0 Å². The van der Waals surface area contributed by atoms with Crippen molar-refractivity contribution >= 4 is 28.7 Å². The van der Waals surface area contributed by atoms with E-state index in [-0.39, 0.29) is 18.5 Å². The lowest BCUT2D eigenvalue weighted by atomic mass is 9.64. The molecule has 3 amide bonds. The first kappa shape index (κ1) is 21.0. The molecule has 4 N–H and O–H groups in total. The lowest BCUT2D eigenvalue weighted by Crippen LogP contribution is -2.61. The third-order valence-corrected chi connectivity index (χ3v) is 7.42. The Balaban J connectivity index is 1.34. The molecule has 2 aliphatic carbocycles. The molecule has 0 spiro atoms. The predicted octanol–water partition coefficient (Wildman–Crippen LogP) is 3.02. The van der Waals surface area contributed by atoms with E-state index in [9.17, 15) is 9.59 Å². The van der Waals surface area contributed by atoms with E-state index in [0.29, 0.717) is 23.7 Å². The summed E-state index contributed by atoms with van der Waals surface area (Å²) in [4.78, 5) is 36.4. The number of hydrogen-bond donors (Lipinski definition) is 3. The molecule has 8 nitrogen and oxygen atoms in total. The molecule has 1 aromatic carbocycles. The third-order valence-electron chi connectivity index (χ3n) is 7.42. The summed E-state index contributed by atoms with van der Waals surface area (Å²) < 4.78 is 0. The van der Waals surface area contributed by atoms with Crippen LogP contribution in [-0.2, 0) is 11.3 Å². The normalized spacial score (nSPS) is 27.0. The minimum absolute atomic E-state index is 0.00843. The highest BCUT2D eigenvalue weighted by atomic mass is 16.2. The molecule has 0 radical (unpaired) electrons. The predicted molar refractivity (Wildman–Crippen MR) is 123 cm³/mol. The average molecular weight is 437 g/mol. The summed E-state index contributed by atoms with van der Waals surface area (Å²) in [6, 6.07) is 7.84. The number of carbonyl (C=O) groups excluding carboxylic acids is 2. The molecule has 4 fully saturated rings. The van der Waals surface area contributed by atoms with Gasteiger partial charge in [0.2, 0.25) is 5.91 Å². The number of anilines is 1. The SMILES string of the molecule is CC(C)[C@H](Nc1nc(CNC(=O)N2[C@H]3CC4C[C@H](C3)C[C@H]2C4)nc2ccccc12)C(N)=O. The Kier molecular flexibility index (Phi) is 5.39. The number of fused-ring (bicyclic) bond motifs is 1. The maximum absolute atomic E-state index is 13.1. The van der Waals surface area contributed by atoms with Crippen LogP contribution in [0.1, 0.15) is 51.8 Å². The van der Waals surface area contributed by atoms with Gasteiger partial charge in [-0.2, -0.15) is 0 Å². The van der Waals surface area contributed by atoms with Crippen LogP contribution in [0.15, 0.2) is 24.3 Å². The Labute approximate surface area is 188 Å². The van der Waals surface area contributed by atoms with Gasteiger partial charge in [0, 0.05) is 17.5 Å². The Hall–Kier alpha value is -2.90. The van der Waals surface area contributed by atoms with Crippen molar-refractivity contribution in [2.45, 2.75) is 70.6 Å². The third kappa shape index (κ3) is 3.87. The number of amides is 3. The molecular formula is C24H32N6O2. The molecule has 2 aromatic rings. The average Bonchev–Trinajstić information content (AvgIpc) is 2.74. The van der Waals surface area contributed by atoms with Crippen molar-refractivity contribution < 1.29 is 9.59 Å². The van der Waals surface area contributed by atoms with E-state index in [1.165, 1.54) is 6.42 Å². The molecule has 2 saturated carbocycles. The number of para-hydroxylation sites is 1. The molecule has 6 rings (SSSR count). The van der Waals surface area contributed by atoms with Gasteiger partial charge in [-0.15, -0.1) is 0 Å². The number of nitrogens with two attached hydrogens (primary N) is 1. The van der Waals surface area contributed by atoms with Crippen molar-refractivity contribution in [1.82, 2.24) is 20.2 Å². The molecule has 1 aromatic heterocycles. The minimum Gasteiger partial charge on any atom is -0.368 e. The summed E-state index contributed by atoms with van der Waals surface area (Å²) in [5, 5.41) is 7.08. The Morgan fingerprint density at radius 2 is 1.72 bits per heavy atom. The second-order valence-corrected chi connectivity index (χ2v) is 10.1. The van der Waals surface area contributed by atoms with Crippen molar-refractivity contribution in [2.24, 2.45) is 23.5 Å². The molecule has 3 heterocycles. The highest BCUT2D eigenvalue weighted by Crippen LogP contribution is 2.49. The molecule has 2 saturated heterocycles. The fourth-order valence-corrected chi connectivity index (χ4v) is 6.14. The number of carbonyl (C=O) groups is 2. The van der Waals surface area contributed by atoms with Gasteiger partial charge in [-0.3, -0.25) is 4.79 Å². The van der Waals surface area contributed by atoms with Crippen molar-refractivity contribution in [2.75, 3.05) is 5.32 Å². The molecular weight excluding hydrogens is 404 g/mol. The van der Waals surface area contributed by atoms with Gasteiger partial charge >= 0.3 is 6.03 Å². The van der Waals surface area contributed by atoms with Gasteiger partial charge in [0.15, 0.2) is 5.82 Å². The smallest absolute Gasteiger partial charge is 0.318 e. The maximum atomic E-state index is 13.1. The summed E-state index contributed by atoms with van der Waals surface area (Å²) in [6.07, 6.45) is 5.93. The minimum atomic E-state index is -0.546. The van der Waals surface area contributed by atoms with Gasteiger partial charge in [0.25, 0.3) is 0 Å². The summed E-state index contributed by atoms with van der Waals surface area (Å²) in [6.45, 7) is 4.11. The topological polar surface area (TPSA) is 113 Å². The van der Waals surface area contributed by atoms with Crippen LogP contribution in [0, 0.1) is 17.8 Å². The second-order valence-electron chi connectivity index (χ2n) is 10.1. The van der Waals surface area contributed by atoms with E-state index in [4.69, 9.17) is 5.73 Å². The highest BCUT2D eigenvalue weighted by Gasteiger charge is 2.48. The van der Waals surface area contributed by atoms with Gasteiger partial charge in [0.05, 0.1) is 12.1 Å². The summed E-state index contributed by atoms with van der Waals surface area (Å²) in [5.74, 6) is 2.27. The first-order valence-corrected chi connectivity index (χ1v) is 11.8. The van der Waals surface area contributed by atoms with Crippen molar-refractivity contribution in [3.05, 3.63) is 30.1 Å². The summed E-state index contributed by atoms with van der Waals surface area (Å²) in [7, 11) is 0. The van der Waals surface area contributed by atoms with E-state index < -0.39 is 11.9 Å². The van der Waals surface area contributed by atoms with Crippen LogP contribution in [0.3, 0.4) is 0 Å². The zero-order valence-electron chi connectivity index (χ0n) is 18.8. The van der Waals surface area contributed by atoms with E-state index >= 15 is 0 Å². The highest BCUT2D eigenvalue weighted by molar-refractivity contribution is 5.92. The van der Waals surface area contributed by atoms with Crippen molar-refractivity contribution in [3.63, 3.8) is 0 Å². The number of primary amides is 1. The summed E-state index contributed by atoms with van der Waals surface area (Å²) >= 11 is 0. The molecule has 1 atom stereocenters. The van der Waals surface area contributed by atoms with Crippen LogP contribution < -0.4 is 16.4 Å². The van der Waals surface area contributed by atoms with Gasteiger partial charge in [-0.25, -0.2) is 14.8 Å². The summed E-state index contributed by atoms with van der Waals surface area (Å²) in [5.41, 5.74) is 6.36. The van der Waals surface area contributed by atoms with Crippen LogP contribution >= 0.6 is 0 Å². The van der Waals surface area contributed by atoms with E-state index in [1.807, 2.05) is 38.1 Å². The largest absolute Gasteiger partial charge is 0.368 e. The zero-order chi connectivity index (χ0) is 22.4. The first-order chi connectivity index (χ1) is 15.4. The number of nitrogens with one attached hydrogen (secondary N) is 2. The van der Waals surface area contributed by atoms with Crippen molar-refractivity contribution in [3.8, 4) is 0 Å². The van der Waals surface area contributed by atoms with Gasteiger partial charge < -0.3 is 21.3 Å². The van der Waals surface area contributed by atoms with E-state index in [2.05, 4.69) is 25.5 Å². The fraction of sp³-hybridized carbons (Fsp3) is 0.583. The molecule has 2 aliphatic heterocycles. The van der Waals surface area contributed by atoms with Gasteiger partial charge in [0.1, 0.15) is 11.9 Å². The lowest BCUT2D eigenvalue weighted by molar-refractivity contribution is -0.119.